The number of amidine groups is 1. The Bertz CT molecular complexity index is 1440. The summed E-state index contributed by atoms with van der Waals surface area (Å²) in [6.45, 7) is 2.56. The third-order valence-electron chi connectivity index (χ3n) is 5.50. The lowest BCUT2D eigenvalue weighted by Crippen LogP contribution is -2.25. The first-order valence-corrected chi connectivity index (χ1v) is 12.4. The highest BCUT2D eigenvalue weighted by molar-refractivity contribution is 6.31. The average Bonchev–Trinajstić information content (AvgIpc) is 2.90. The molecule has 3 rings (SSSR count). The Hall–Kier alpha value is -4.24. The van der Waals surface area contributed by atoms with E-state index in [0.29, 0.717) is 47.2 Å². The molecule has 0 aliphatic heterocycles. The molecule has 0 atom stereocenters. The number of ketones is 1. The molecule has 38 heavy (non-hydrogen) atoms. The van der Waals surface area contributed by atoms with Crippen molar-refractivity contribution in [2.45, 2.75) is 19.8 Å². The van der Waals surface area contributed by atoms with Gasteiger partial charge in [-0.25, -0.2) is 0 Å². The topological polar surface area (TPSA) is 125 Å². The molecular formula is C28H24Cl2N6O2. The van der Waals surface area contributed by atoms with Crippen LogP contribution in [0.5, 0.6) is 5.75 Å². The van der Waals surface area contributed by atoms with Gasteiger partial charge in [0.15, 0.2) is 11.6 Å². The normalized spacial score (nSPS) is 11.2. The number of benzene rings is 3. The number of aromatic hydroxyl groups is 1. The summed E-state index contributed by atoms with van der Waals surface area (Å²) in [5, 5.41) is 37.5. The molecule has 0 bridgehead atoms. The van der Waals surface area contributed by atoms with Crippen molar-refractivity contribution >= 4 is 46.2 Å². The van der Waals surface area contributed by atoms with E-state index in [0.717, 1.165) is 11.3 Å². The lowest BCUT2D eigenvalue weighted by molar-refractivity contribution is 0.0999. The first-order valence-electron chi connectivity index (χ1n) is 11.7. The molecule has 3 aromatic rings. The standard InChI is InChI=1S/C28H24Cl2N6O2/c1-19-15-23(36(13-3-11-31)14-4-12-32)8-9-24(19)28(35-34-22-6-2-5-20(29)16-22)33-18-27(38)25-17-21(30)7-10-26(25)37/h2,5-10,15-17,37H,3-4,13-14,18H2,1H3. The van der Waals surface area contributed by atoms with Gasteiger partial charge < -0.3 is 10.0 Å². The molecule has 0 unspecified atom stereocenters. The summed E-state index contributed by atoms with van der Waals surface area (Å²) < 4.78 is 0. The highest BCUT2D eigenvalue weighted by Crippen LogP contribution is 2.24. The van der Waals surface area contributed by atoms with Gasteiger partial charge in [-0.3, -0.25) is 9.79 Å². The maximum atomic E-state index is 12.8. The van der Waals surface area contributed by atoms with Crippen LogP contribution in [0.15, 0.2) is 75.9 Å². The number of nitrogens with zero attached hydrogens (tertiary/aromatic N) is 6. The van der Waals surface area contributed by atoms with Gasteiger partial charge in [-0.05, 0) is 67.1 Å². The number of carbonyl (C=O) groups excluding carboxylic acids is 1. The molecule has 0 aliphatic carbocycles. The van der Waals surface area contributed by atoms with Crippen molar-refractivity contribution in [1.82, 2.24) is 0 Å². The van der Waals surface area contributed by atoms with Crippen molar-refractivity contribution in [3.8, 4) is 17.9 Å². The quantitative estimate of drug-likeness (QED) is 0.126. The van der Waals surface area contributed by atoms with Crippen LogP contribution >= 0.6 is 23.2 Å². The number of hydrogen-bond donors (Lipinski definition) is 1. The highest BCUT2D eigenvalue weighted by Gasteiger charge is 2.15. The zero-order chi connectivity index (χ0) is 27.5. The van der Waals surface area contributed by atoms with Crippen LogP contribution in [0.4, 0.5) is 11.4 Å². The molecule has 0 aromatic heterocycles. The van der Waals surface area contributed by atoms with Crippen molar-refractivity contribution in [1.29, 1.82) is 10.5 Å². The fourth-order valence-corrected chi connectivity index (χ4v) is 3.97. The van der Waals surface area contributed by atoms with Crippen LogP contribution in [0.1, 0.15) is 34.3 Å². The van der Waals surface area contributed by atoms with Gasteiger partial charge >= 0.3 is 0 Å². The predicted octanol–water partition coefficient (Wildman–Crippen LogP) is 7.05. The summed E-state index contributed by atoms with van der Waals surface area (Å²) in [6.07, 6.45) is 0.649. The minimum absolute atomic E-state index is 0.0603. The molecule has 1 N–H and O–H groups in total. The Morgan fingerprint density at radius 2 is 1.66 bits per heavy atom. The fraction of sp³-hybridized carbons (Fsp3) is 0.214. The van der Waals surface area contributed by atoms with E-state index in [4.69, 9.17) is 33.7 Å². The number of phenols is 1. The fourth-order valence-electron chi connectivity index (χ4n) is 3.61. The Labute approximate surface area is 231 Å². The van der Waals surface area contributed by atoms with E-state index in [1.165, 1.54) is 18.2 Å². The van der Waals surface area contributed by atoms with E-state index in [-0.39, 0.29) is 23.7 Å². The summed E-state index contributed by atoms with van der Waals surface area (Å²) >= 11 is 12.1. The molecule has 0 fully saturated rings. The van der Waals surface area contributed by atoms with Gasteiger partial charge in [-0.15, -0.1) is 10.2 Å². The van der Waals surface area contributed by atoms with Crippen LogP contribution in [0.3, 0.4) is 0 Å². The summed E-state index contributed by atoms with van der Waals surface area (Å²) in [7, 11) is 0. The third kappa shape index (κ3) is 7.88. The molecule has 192 valence electrons. The van der Waals surface area contributed by atoms with Crippen LogP contribution in [0.25, 0.3) is 0 Å². The van der Waals surface area contributed by atoms with Crippen LogP contribution in [0, 0.1) is 29.6 Å². The minimum atomic E-state index is -0.436. The van der Waals surface area contributed by atoms with Crippen molar-refractivity contribution in [2.24, 2.45) is 15.2 Å². The second-order valence-electron chi connectivity index (χ2n) is 8.21. The Kier molecular flexibility index (Phi) is 10.4. The van der Waals surface area contributed by atoms with Crippen LogP contribution < -0.4 is 4.90 Å². The van der Waals surface area contributed by atoms with E-state index in [9.17, 15) is 9.90 Å². The van der Waals surface area contributed by atoms with Crippen molar-refractivity contribution in [3.05, 3.63) is 87.4 Å². The zero-order valence-corrected chi connectivity index (χ0v) is 22.1. The van der Waals surface area contributed by atoms with Crippen LogP contribution in [-0.4, -0.2) is 36.4 Å². The van der Waals surface area contributed by atoms with E-state index in [2.05, 4.69) is 27.4 Å². The first kappa shape index (κ1) is 28.3. The monoisotopic (exact) mass is 546 g/mol. The summed E-state index contributed by atoms with van der Waals surface area (Å²) in [4.78, 5) is 19.2. The minimum Gasteiger partial charge on any atom is -0.507 e. The van der Waals surface area contributed by atoms with Gasteiger partial charge in [0, 0.05) is 34.4 Å². The van der Waals surface area contributed by atoms with E-state index in [1.807, 2.05) is 30.0 Å². The number of phenolic OH excluding ortho intramolecular Hbond substituents is 1. The van der Waals surface area contributed by atoms with Gasteiger partial charge in [0.2, 0.25) is 0 Å². The number of hydrogen-bond acceptors (Lipinski definition) is 7. The highest BCUT2D eigenvalue weighted by atomic mass is 35.5. The van der Waals surface area contributed by atoms with E-state index >= 15 is 0 Å². The second-order valence-corrected chi connectivity index (χ2v) is 9.08. The first-order chi connectivity index (χ1) is 18.3. The Balaban J connectivity index is 1.98. The van der Waals surface area contributed by atoms with Crippen LogP contribution in [0.2, 0.25) is 10.0 Å². The molecule has 10 heteroatoms. The number of nitriles is 2. The molecule has 0 saturated carbocycles. The van der Waals surface area contributed by atoms with Gasteiger partial charge in [0.05, 0.1) is 36.2 Å². The molecule has 0 aliphatic rings. The van der Waals surface area contributed by atoms with Gasteiger partial charge in [-0.2, -0.15) is 10.5 Å². The Morgan fingerprint density at radius 3 is 2.32 bits per heavy atom. The number of halogens is 2. The number of Topliss-reactive ketones (excluding diaryl/α,β-unsaturated/α-hetero) is 1. The molecule has 0 saturated heterocycles. The van der Waals surface area contributed by atoms with Crippen LogP contribution in [-0.2, 0) is 0 Å². The SMILES string of the molecule is Cc1cc(N(CCC#N)CCC#N)ccc1C(N=Nc1cccc(Cl)c1)=NCC(=O)c1cc(Cl)ccc1O. The number of carbonyl (C=O) groups is 1. The number of aryl methyl sites for hydroxylation is 1. The Morgan fingerprint density at radius 1 is 0.947 bits per heavy atom. The largest absolute Gasteiger partial charge is 0.507 e. The van der Waals surface area contributed by atoms with Gasteiger partial charge in [-0.1, -0.05) is 29.3 Å². The summed E-state index contributed by atoms with van der Waals surface area (Å²) in [5.41, 5.74) is 2.87. The number of azo groups is 1. The molecule has 0 radical (unpaired) electrons. The zero-order valence-electron chi connectivity index (χ0n) is 20.6. The smallest absolute Gasteiger partial charge is 0.188 e. The predicted molar refractivity (Wildman–Crippen MR) is 149 cm³/mol. The maximum Gasteiger partial charge on any atom is 0.188 e. The van der Waals surface area contributed by atoms with E-state index < -0.39 is 5.78 Å². The average molecular weight is 547 g/mol. The van der Waals surface area contributed by atoms with Crippen molar-refractivity contribution in [2.75, 3.05) is 24.5 Å². The number of aliphatic imine (C=N–C) groups is 1. The number of anilines is 1. The second kappa shape index (κ2) is 13.9. The molecular weight excluding hydrogens is 523 g/mol. The van der Waals surface area contributed by atoms with Gasteiger partial charge in [0.25, 0.3) is 0 Å². The lowest BCUT2D eigenvalue weighted by Gasteiger charge is -2.23. The molecule has 8 nitrogen and oxygen atoms in total. The lowest BCUT2D eigenvalue weighted by atomic mass is 10.1. The third-order valence-corrected chi connectivity index (χ3v) is 5.97. The molecule has 3 aromatic carbocycles. The molecule has 0 spiro atoms. The van der Waals surface area contributed by atoms with Crippen molar-refractivity contribution < 1.29 is 9.90 Å². The summed E-state index contributed by atoms with van der Waals surface area (Å²) in [5.74, 6) is -0.412. The molecule has 0 heterocycles. The summed E-state index contributed by atoms with van der Waals surface area (Å²) in [6, 6.07) is 20.9. The maximum absolute atomic E-state index is 12.8. The van der Waals surface area contributed by atoms with Gasteiger partial charge in [0.1, 0.15) is 12.3 Å². The van der Waals surface area contributed by atoms with E-state index in [1.54, 1.807) is 24.3 Å². The van der Waals surface area contributed by atoms with Crippen molar-refractivity contribution in [3.63, 3.8) is 0 Å². The molecule has 0 amide bonds. The number of rotatable bonds is 10.